The molecular weight excluding hydrogens is 306 g/mol. The molecule has 0 aliphatic heterocycles. The summed E-state index contributed by atoms with van der Waals surface area (Å²) in [5.74, 6) is 0.328. The molecule has 2 rings (SSSR count). The van der Waals surface area contributed by atoms with Crippen LogP contribution in [-0.4, -0.2) is 21.8 Å². The quantitative estimate of drug-likeness (QED) is 0.855. The van der Waals surface area contributed by atoms with Crippen LogP contribution in [0.4, 0.5) is 5.69 Å². The molecule has 0 aliphatic rings. The van der Waals surface area contributed by atoms with Gasteiger partial charge >= 0.3 is 0 Å². The third kappa shape index (κ3) is 3.51. The Kier molecular flexibility index (Phi) is 4.80. The monoisotopic (exact) mass is 323 g/mol. The lowest BCUT2D eigenvalue weighted by Crippen LogP contribution is -2.14. The van der Waals surface area contributed by atoms with E-state index >= 15 is 0 Å². The van der Waals surface area contributed by atoms with Gasteiger partial charge < -0.3 is 4.74 Å². The molecule has 0 unspecified atom stereocenters. The highest BCUT2D eigenvalue weighted by Crippen LogP contribution is 2.30. The predicted molar refractivity (Wildman–Crippen MR) is 86.8 cm³/mol. The van der Waals surface area contributed by atoms with Crippen LogP contribution in [0.25, 0.3) is 0 Å². The minimum atomic E-state index is -3.70. The molecule has 4 nitrogen and oxygen atoms in total. The molecule has 0 saturated carbocycles. The first-order chi connectivity index (χ1) is 9.97. The van der Waals surface area contributed by atoms with Gasteiger partial charge in [-0.15, -0.1) is 11.8 Å². The van der Waals surface area contributed by atoms with Crippen molar-refractivity contribution < 1.29 is 13.2 Å². The van der Waals surface area contributed by atoms with E-state index in [1.54, 1.807) is 24.3 Å². The maximum Gasteiger partial charge on any atom is 0.265 e. The van der Waals surface area contributed by atoms with Crippen LogP contribution >= 0.6 is 11.8 Å². The number of rotatable bonds is 5. The van der Waals surface area contributed by atoms with Gasteiger partial charge in [-0.3, -0.25) is 4.72 Å². The summed E-state index contributed by atoms with van der Waals surface area (Å²) in [5.41, 5.74) is 1.42. The van der Waals surface area contributed by atoms with Gasteiger partial charge in [0.2, 0.25) is 0 Å². The average molecular weight is 323 g/mol. The van der Waals surface area contributed by atoms with Crippen molar-refractivity contribution >= 4 is 27.5 Å². The zero-order valence-corrected chi connectivity index (χ0v) is 13.7. The Hall–Kier alpha value is -1.66. The van der Waals surface area contributed by atoms with Gasteiger partial charge in [-0.2, -0.15) is 0 Å². The molecule has 112 valence electrons. The van der Waals surface area contributed by atoms with Crippen LogP contribution < -0.4 is 9.46 Å². The second-order valence-electron chi connectivity index (χ2n) is 4.46. The number of methoxy groups -OCH3 is 1. The number of anilines is 1. The summed E-state index contributed by atoms with van der Waals surface area (Å²) < 4.78 is 33.0. The van der Waals surface area contributed by atoms with Gasteiger partial charge in [0.05, 0.1) is 12.8 Å². The maximum absolute atomic E-state index is 12.6. The molecule has 0 aromatic heterocycles. The minimum Gasteiger partial charge on any atom is -0.495 e. The van der Waals surface area contributed by atoms with Crippen molar-refractivity contribution in [2.24, 2.45) is 0 Å². The van der Waals surface area contributed by atoms with E-state index in [4.69, 9.17) is 4.74 Å². The Morgan fingerprint density at radius 1 is 1.14 bits per heavy atom. The minimum absolute atomic E-state index is 0.140. The lowest BCUT2D eigenvalue weighted by molar-refractivity contribution is 0.402. The summed E-state index contributed by atoms with van der Waals surface area (Å²) in [6.07, 6.45) is 1.90. The number of para-hydroxylation sites is 1. The summed E-state index contributed by atoms with van der Waals surface area (Å²) in [6.45, 7) is 1.84. The summed E-state index contributed by atoms with van der Waals surface area (Å²) in [6, 6.07) is 12.4. The number of aryl methyl sites for hydroxylation is 1. The highest BCUT2D eigenvalue weighted by molar-refractivity contribution is 7.99. The van der Waals surface area contributed by atoms with Crippen molar-refractivity contribution in [1.82, 2.24) is 0 Å². The van der Waals surface area contributed by atoms with Crippen LogP contribution in [0.2, 0.25) is 0 Å². The molecule has 0 bridgehead atoms. The van der Waals surface area contributed by atoms with Crippen molar-refractivity contribution in [2.45, 2.75) is 16.7 Å². The van der Waals surface area contributed by atoms with E-state index in [1.165, 1.54) is 18.9 Å². The van der Waals surface area contributed by atoms with Crippen LogP contribution in [0.5, 0.6) is 5.75 Å². The normalized spacial score (nSPS) is 11.2. The van der Waals surface area contributed by atoms with Gasteiger partial charge in [0.1, 0.15) is 10.6 Å². The van der Waals surface area contributed by atoms with Gasteiger partial charge in [0.15, 0.2) is 0 Å². The van der Waals surface area contributed by atoms with Crippen LogP contribution in [0, 0.1) is 6.92 Å². The van der Waals surface area contributed by atoms with Crippen molar-refractivity contribution in [3.8, 4) is 5.75 Å². The maximum atomic E-state index is 12.6. The van der Waals surface area contributed by atoms with Crippen molar-refractivity contribution in [3.05, 3.63) is 48.0 Å². The number of sulfonamides is 1. The largest absolute Gasteiger partial charge is 0.495 e. The van der Waals surface area contributed by atoms with Crippen LogP contribution in [0.3, 0.4) is 0 Å². The van der Waals surface area contributed by atoms with Crippen molar-refractivity contribution in [2.75, 3.05) is 18.1 Å². The van der Waals surface area contributed by atoms with E-state index in [1.807, 2.05) is 31.4 Å². The fourth-order valence-corrected chi connectivity index (χ4v) is 3.88. The molecule has 0 radical (unpaired) electrons. The van der Waals surface area contributed by atoms with Gasteiger partial charge in [-0.25, -0.2) is 8.42 Å². The lowest BCUT2D eigenvalue weighted by atomic mass is 10.2. The Balaban J connectivity index is 2.46. The fourth-order valence-electron chi connectivity index (χ4n) is 1.92. The first-order valence-corrected chi connectivity index (χ1v) is 8.99. The zero-order valence-electron chi connectivity index (χ0n) is 12.1. The third-order valence-corrected chi connectivity index (χ3v) is 5.14. The number of benzene rings is 2. The SMILES string of the molecule is COc1ccc(C)cc1S(=O)(=O)Nc1ccccc1SC. The van der Waals surface area contributed by atoms with Crippen LogP contribution in [0.1, 0.15) is 5.56 Å². The molecule has 2 aromatic rings. The zero-order chi connectivity index (χ0) is 15.5. The first-order valence-electron chi connectivity index (χ1n) is 6.28. The topological polar surface area (TPSA) is 55.4 Å². The smallest absolute Gasteiger partial charge is 0.265 e. The third-order valence-electron chi connectivity index (χ3n) is 2.96. The molecule has 1 N–H and O–H groups in total. The van der Waals surface area contributed by atoms with E-state index in [0.29, 0.717) is 11.4 Å². The van der Waals surface area contributed by atoms with Crippen LogP contribution in [0.15, 0.2) is 52.3 Å². The summed E-state index contributed by atoms with van der Waals surface area (Å²) >= 11 is 1.49. The lowest BCUT2D eigenvalue weighted by Gasteiger charge is -2.14. The summed E-state index contributed by atoms with van der Waals surface area (Å²) in [7, 11) is -2.24. The van der Waals surface area contributed by atoms with E-state index in [9.17, 15) is 8.42 Å². The fraction of sp³-hybridized carbons (Fsp3) is 0.200. The molecule has 0 atom stereocenters. The Morgan fingerprint density at radius 2 is 1.86 bits per heavy atom. The van der Waals surface area contributed by atoms with Gasteiger partial charge in [0.25, 0.3) is 10.0 Å². The Morgan fingerprint density at radius 3 is 2.52 bits per heavy atom. The van der Waals surface area contributed by atoms with Gasteiger partial charge in [0, 0.05) is 4.90 Å². The number of hydrogen-bond acceptors (Lipinski definition) is 4. The first kappa shape index (κ1) is 15.7. The Labute approximate surface area is 129 Å². The molecule has 21 heavy (non-hydrogen) atoms. The molecule has 0 spiro atoms. The van der Waals surface area contributed by atoms with Crippen molar-refractivity contribution in [3.63, 3.8) is 0 Å². The molecule has 0 fully saturated rings. The van der Waals surface area contributed by atoms with Crippen molar-refractivity contribution in [1.29, 1.82) is 0 Å². The molecule has 0 saturated heterocycles. The second kappa shape index (κ2) is 6.41. The second-order valence-corrected chi connectivity index (χ2v) is 6.96. The number of thioether (sulfide) groups is 1. The Bertz CT molecular complexity index is 742. The van der Waals surface area contributed by atoms with E-state index < -0.39 is 10.0 Å². The van der Waals surface area contributed by atoms with Crippen LogP contribution in [-0.2, 0) is 10.0 Å². The molecule has 6 heteroatoms. The molecule has 0 amide bonds. The standard InChI is InChI=1S/C15H17NO3S2/c1-11-8-9-13(19-2)15(10-11)21(17,18)16-12-6-4-5-7-14(12)20-3/h4-10,16H,1-3H3. The highest BCUT2D eigenvalue weighted by atomic mass is 32.2. The van der Waals surface area contributed by atoms with E-state index in [-0.39, 0.29) is 4.90 Å². The van der Waals surface area contributed by atoms with E-state index in [0.717, 1.165) is 10.5 Å². The molecular formula is C15H17NO3S2. The highest BCUT2D eigenvalue weighted by Gasteiger charge is 2.20. The van der Waals surface area contributed by atoms with Gasteiger partial charge in [-0.1, -0.05) is 18.2 Å². The summed E-state index contributed by atoms with van der Waals surface area (Å²) in [5, 5.41) is 0. The van der Waals surface area contributed by atoms with Gasteiger partial charge in [-0.05, 0) is 43.0 Å². The predicted octanol–water partition coefficient (Wildman–Crippen LogP) is 3.53. The number of ether oxygens (including phenoxy) is 1. The number of hydrogen-bond donors (Lipinski definition) is 1. The molecule has 0 heterocycles. The van der Waals surface area contributed by atoms with E-state index in [2.05, 4.69) is 4.72 Å². The number of nitrogens with one attached hydrogen (secondary N) is 1. The molecule has 2 aromatic carbocycles. The molecule has 0 aliphatic carbocycles. The average Bonchev–Trinajstić information content (AvgIpc) is 2.47. The summed E-state index contributed by atoms with van der Waals surface area (Å²) in [4.78, 5) is 1.01.